The number of likely N-dealkylation sites (tertiary alicyclic amines) is 2. The summed E-state index contributed by atoms with van der Waals surface area (Å²) >= 11 is 0. The SMILES string of the molecule is CCCn1cc(CN2CCC3(CC2)CN(C(C)=O)[C@](C)(CO)C3)cn1. The van der Waals surface area contributed by atoms with Crippen LogP contribution >= 0.6 is 0 Å². The van der Waals surface area contributed by atoms with Crippen LogP contribution in [0.5, 0.6) is 0 Å². The van der Waals surface area contributed by atoms with Gasteiger partial charge in [0.05, 0.1) is 18.3 Å². The van der Waals surface area contributed by atoms with E-state index in [1.807, 2.05) is 22.7 Å². The number of aliphatic hydroxyl groups is 1. The van der Waals surface area contributed by atoms with Gasteiger partial charge < -0.3 is 10.0 Å². The molecule has 2 aliphatic heterocycles. The highest BCUT2D eigenvalue weighted by atomic mass is 16.3. The molecule has 1 amide bonds. The van der Waals surface area contributed by atoms with Gasteiger partial charge in [-0.3, -0.25) is 14.4 Å². The average molecular weight is 348 g/mol. The Kier molecular flexibility index (Phi) is 5.21. The maximum Gasteiger partial charge on any atom is 0.219 e. The number of aryl methyl sites for hydroxylation is 1. The summed E-state index contributed by atoms with van der Waals surface area (Å²) in [6.45, 7) is 10.7. The number of amides is 1. The van der Waals surface area contributed by atoms with E-state index in [4.69, 9.17) is 0 Å². The summed E-state index contributed by atoms with van der Waals surface area (Å²) in [5.74, 6) is 0.0826. The molecule has 0 radical (unpaired) electrons. The van der Waals surface area contributed by atoms with Gasteiger partial charge in [-0.2, -0.15) is 5.10 Å². The van der Waals surface area contributed by atoms with Gasteiger partial charge in [0.1, 0.15) is 0 Å². The lowest BCUT2D eigenvalue weighted by Crippen LogP contribution is -2.46. The number of carbonyl (C=O) groups is 1. The Morgan fingerprint density at radius 1 is 1.36 bits per heavy atom. The molecular weight excluding hydrogens is 316 g/mol. The van der Waals surface area contributed by atoms with E-state index >= 15 is 0 Å². The van der Waals surface area contributed by atoms with Crippen molar-refractivity contribution < 1.29 is 9.90 Å². The van der Waals surface area contributed by atoms with E-state index < -0.39 is 5.54 Å². The van der Waals surface area contributed by atoms with Gasteiger partial charge in [0.15, 0.2) is 0 Å². The minimum absolute atomic E-state index is 0.0503. The lowest BCUT2D eigenvalue weighted by molar-refractivity contribution is -0.134. The molecule has 2 fully saturated rings. The van der Waals surface area contributed by atoms with Crippen molar-refractivity contribution in [3.63, 3.8) is 0 Å². The van der Waals surface area contributed by atoms with E-state index in [0.717, 1.165) is 58.4 Å². The fourth-order valence-corrected chi connectivity index (χ4v) is 4.74. The van der Waals surface area contributed by atoms with Gasteiger partial charge in [0, 0.05) is 38.3 Å². The summed E-state index contributed by atoms with van der Waals surface area (Å²) in [5, 5.41) is 14.3. The largest absolute Gasteiger partial charge is 0.394 e. The van der Waals surface area contributed by atoms with Crippen LogP contribution in [0.25, 0.3) is 0 Å². The fourth-order valence-electron chi connectivity index (χ4n) is 4.74. The topological polar surface area (TPSA) is 61.6 Å². The Bertz CT molecular complexity index is 606. The number of carbonyl (C=O) groups excluding carboxylic acids is 1. The molecular formula is C19H32N4O2. The number of piperidine rings is 1. The summed E-state index contributed by atoms with van der Waals surface area (Å²) < 4.78 is 2.02. The second kappa shape index (κ2) is 7.08. The molecule has 0 bridgehead atoms. The van der Waals surface area contributed by atoms with Crippen LogP contribution in [0, 0.1) is 5.41 Å². The van der Waals surface area contributed by atoms with Crippen LogP contribution < -0.4 is 0 Å². The van der Waals surface area contributed by atoms with Crippen LogP contribution in [0.2, 0.25) is 0 Å². The molecule has 25 heavy (non-hydrogen) atoms. The number of hydrogen-bond donors (Lipinski definition) is 1. The third kappa shape index (κ3) is 3.75. The second-order valence-electron chi connectivity index (χ2n) is 8.32. The monoisotopic (exact) mass is 348 g/mol. The molecule has 0 aliphatic carbocycles. The molecule has 2 saturated heterocycles. The van der Waals surface area contributed by atoms with E-state index in [-0.39, 0.29) is 17.9 Å². The zero-order chi connectivity index (χ0) is 18.1. The van der Waals surface area contributed by atoms with Crippen LogP contribution in [-0.2, 0) is 17.9 Å². The van der Waals surface area contributed by atoms with Crippen LogP contribution in [0.15, 0.2) is 12.4 Å². The minimum atomic E-state index is -0.394. The Hall–Kier alpha value is -1.40. The van der Waals surface area contributed by atoms with Crippen LogP contribution in [0.1, 0.15) is 52.0 Å². The minimum Gasteiger partial charge on any atom is -0.394 e. The molecule has 6 nitrogen and oxygen atoms in total. The molecule has 1 aromatic rings. The first kappa shape index (κ1) is 18.4. The number of hydrogen-bond acceptors (Lipinski definition) is 4. The zero-order valence-corrected chi connectivity index (χ0v) is 15.9. The van der Waals surface area contributed by atoms with Crippen molar-refractivity contribution in [3.05, 3.63) is 18.0 Å². The number of aliphatic hydroxyl groups excluding tert-OH is 1. The van der Waals surface area contributed by atoms with Gasteiger partial charge in [-0.25, -0.2) is 0 Å². The van der Waals surface area contributed by atoms with Crippen molar-refractivity contribution in [2.75, 3.05) is 26.2 Å². The molecule has 0 saturated carbocycles. The van der Waals surface area contributed by atoms with Crippen molar-refractivity contribution in [2.24, 2.45) is 5.41 Å². The number of rotatable bonds is 5. The van der Waals surface area contributed by atoms with E-state index in [1.54, 1.807) is 6.92 Å². The van der Waals surface area contributed by atoms with Gasteiger partial charge in [-0.05, 0) is 51.1 Å². The predicted octanol–water partition coefficient (Wildman–Crippen LogP) is 1.88. The Morgan fingerprint density at radius 3 is 2.64 bits per heavy atom. The standard InChI is InChI=1S/C19H32N4O2/c1-4-7-22-12-17(10-20-22)11-21-8-5-19(6-9-21)13-18(3,15-24)23(14-19)16(2)25/h10,12,24H,4-9,11,13-15H2,1-3H3/t18-/m0/s1. The Balaban J connectivity index is 1.59. The fraction of sp³-hybridized carbons (Fsp3) is 0.789. The number of aromatic nitrogens is 2. The molecule has 6 heteroatoms. The third-order valence-electron chi connectivity index (χ3n) is 6.08. The van der Waals surface area contributed by atoms with Crippen LogP contribution in [0.4, 0.5) is 0 Å². The maximum absolute atomic E-state index is 12.0. The van der Waals surface area contributed by atoms with Crippen molar-refractivity contribution in [1.29, 1.82) is 0 Å². The average Bonchev–Trinajstić information content (AvgIpc) is 3.13. The molecule has 3 heterocycles. The van der Waals surface area contributed by atoms with Crippen LogP contribution in [0.3, 0.4) is 0 Å². The summed E-state index contributed by atoms with van der Waals surface area (Å²) in [6, 6.07) is 0. The summed E-state index contributed by atoms with van der Waals surface area (Å²) in [7, 11) is 0. The van der Waals surface area contributed by atoms with E-state index in [1.165, 1.54) is 5.56 Å². The molecule has 1 atom stereocenters. The lowest BCUT2D eigenvalue weighted by atomic mass is 9.74. The summed E-state index contributed by atoms with van der Waals surface area (Å²) in [6.07, 6.45) is 8.34. The van der Waals surface area contributed by atoms with Crippen molar-refractivity contribution in [3.8, 4) is 0 Å². The summed E-state index contributed by atoms with van der Waals surface area (Å²) in [4.78, 5) is 16.4. The normalized spacial score (nSPS) is 26.5. The predicted molar refractivity (Wildman–Crippen MR) is 97.0 cm³/mol. The first-order valence-electron chi connectivity index (χ1n) is 9.52. The molecule has 140 valence electrons. The maximum atomic E-state index is 12.0. The molecule has 1 spiro atoms. The van der Waals surface area contributed by atoms with Gasteiger partial charge in [0.25, 0.3) is 0 Å². The van der Waals surface area contributed by atoms with Gasteiger partial charge >= 0.3 is 0 Å². The zero-order valence-electron chi connectivity index (χ0n) is 15.9. The Labute approximate surface area is 150 Å². The first-order valence-corrected chi connectivity index (χ1v) is 9.52. The highest BCUT2D eigenvalue weighted by Crippen LogP contribution is 2.48. The molecule has 1 aromatic heterocycles. The van der Waals surface area contributed by atoms with Gasteiger partial charge in [-0.15, -0.1) is 0 Å². The van der Waals surface area contributed by atoms with Crippen molar-refractivity contribution >= 4 is 5.91 Å². The van der Waals surface area contributed by atoms with E-state index in [0.29, 0.717) is 0 Å². The third-order valence-corrected chi connectivity index (χ3v) is 6.08. The molecule has 1 N–H and O–H groups in total. The van der Waals surface area contributed by atoms with Gasteiger partial charge in [-0.1, -0.05) is 6.92 Å². The lowest BCUT2D eigenvalue weighted by Gasteiger charge is -2.39. The highest BCUT2D eigenvalue weighted by Gasteiger charge is 2.52. The number of nitrogens with zero attached hydrogens (tertiary/aromatic N) is 4. The smallest absolute Gasteiger partial charge is 0.219 e. The Morgan fingerprint density at radius 2 is 2.08 bits per heavy atom. The van der Waals surface area contributed by atoms with Crippen LogP contribution in [-0.4, -0.2) is 62.4 Å². The van der Waals surface area contributed by atoms with Crippen molar-refractivity contribution in [1.82, 2.24) is 19.6 Å². The molecule has 0 aromatic carbocycles. The van der Waals surface area contributed by atoms with Gasteiger partial charge in [0.2, 0.25) is 5.91 Å². The second-order valence-corrected chi connectivity index (χ2v) is 8.32. The first-order chi connectivity index (χ1) is 11.9. The molecule has 2 aliphatic rings. The quantitative estimate of drug-likeness (QED) is 0.883. The highest BCUT2D eigenvalue weighted by molar-refractivity contribution is 5.74. The molecule has 3 rings (SSSR count). The van der Waals surface area contributed by atoms with E-state index in [9.17, 15) is 9.90 Å². The van der Waals surface area contributed by atoms with Crippen molar-refractivity contribution in [2.45, 2.75) is 65.1 Å². The molecule has 0 unspecified atom stereocenters. The van der Waals surface area contributed by atoms with E-state index in [2.05, 4.69) is 23.1 Å². The summed E-state index contributed by atoms with van der Waals surface area (Å²) in [5.41, 5.74) is 1.06.